The third kappa shape index (κ3) is 3.91. The lowest BCUT2D eigenvalue weighted by Gasteiger charge is -2.15. The van der Waals surface area contributed by atoms with E-state index in [0.717, 1.165) is 12.8 Å². The van der Waals surface area contributed by atoms with Gasteiger partial charge in [0.15, 0.2) is 5.11 Å². The molecular weight excluding hydrogens is 200 g/mol. The maximum absolute atomic E-state index is 11.2. The van der Waals surface area contributed by atoms with Gasteiger partial charge in [0.2, 0.25) is 0 Å². The standard InChI is InChI=1S/C9H16N2O2S/c1-3-13-8(12)6(2)10-9(14)11-7-4-5-7/h6-7H,3-5H2,1-2H3,(H2,10,11,14). The van der Waals surface area contributed by atoms with Crippen molar-refractivity contribution >= 4 is 23.3 Å². The largest absolute Gasteiger partial charge is 0.464 e. The first kappa shape index (κ1) is 11.2. The van der Waals surface area contributed by atoms with Crippen molar-refractivity contribution in [1.82, 2.24) is 10.6 Å². The lowest BCUT2D eigenvalue weighted by Crippen LogP contribution is -2.45. The Morgan fingerprint density at radius 3 is 2.79 bits per heavy atom. The summed E-state index contributed by atoms with van der Waals surface area (Å²) in [4.78, 5) is 11.2. The Balaban J connectivity index is 2.20. The van der Waals surface area contributed by atoms with Crippen molar-refractivity contribution in [2.75, 3.05) is 6.61 Å². The van der Waals surface area contributed by atoms with Crippen LogP contribution in [-0.2, 0) is 9.53 Å². The van der Waals surface area contributed by atoms with Crippen molar-refractivity contribution < 1.29 is 9.53 Å². The van der Waals surface area contributed by atoms with E-state index in [0.29, 0.717) is 17.8 Å². The zero-order chi connectivity index (χ0) is 10.6. The Labute approximate surface area is 89.4 Å². The highest BCUT2D eigenvalue weighted by molar-refractivity contribution is 7.80. The van der Waals surface area contributed by atoms with Crippen LogP contribution >= 0.6 is 12.2 Å². The lowest BCUT2D eigenvalue weighted by molar-refractivity contribution is -0.144. The van der Waals surface area contributed by atoms with Crippen LogP contribution in [0.25, 0.3) is 0 Å². The molecule has 4 nitrogen and oxygen atoms in total. The Kier molecular flexibility index (Phi) is 4.13. The molecule has 0 radical (unpaired) electrons. The molecular formula is C9H16N2O2S. The highest BCUT2D eigenvalue weighted by Crippen LogP contribution is 2.18. The molecule has 1 fully saturated rings. The minimum absolute atomic E-state index is 0.271. The van der Waals surface area contributed by atoms with Gasteiger partial charge in [-0.3, -0.25) is 0 Å². The SMILES string of the molecule is CCOC(=O)C(C)NC(=S)NC1CC1. The molecule has 2 N–H and O–H groups in total. The number of carbonyl (C=O) groups is 1. The average molecular weight is 216 g/mol. The summed E-state index contributed by atoms with van der Waals surface area (Å²) in [6.07, 6.45) is 2.32. The fourth-order valence-corrected chi connectivity index (χ4v) is 1.32. The zero-order valence-electron chi connectivity index (χ0n) is 8.50. The van der Waals surface area contributed by atoms with Gasteiger partial charge in [-0.25, -0.2) is 4.79 Å². The topological polar surface area (TPSA) is 50.4 Å². The van der Waals surface area contributed by atoms with Crippen LogP contribution in [0.5, 0.6) is 0 Å². The fraction of sp³-hybridized carbons (Fsp3) is 0.778. The van der Waals surface area contributed by atoms with E-state index in [9.17, 15) is 4.79 Å². The monoisotopic (exact) mass is 216 g/mol. The first-order valence-corrected chi connectivity index (χ1v) is 5.28. The second-order valence-electron chi connectivity index (χ2n) is 3.37. The number of nitrogens with one attached hydrogen (secondary N) is 2. The van der Waals surface area contributed by atoms with E-state index in [2.05, 4.69) is 10.6 Å². The van der Waals surface area contributed by atoms with Crippen molar-refractivity contribution in [2.45, 2.75) is 38.8 Å². The van der Waals surface area contributed by atoms with Gasteiger partial charge in [-0.15, -0.1) is 0 Å². The molecule has 0 saturated heterocycles. The molecule has 1 unspecified atom stereocenters. The highest BCUT2D eigenvalue weighted by atomic mass is 32.1. The molecule has 0 aliphatic heterocycles. The molecule has 1 rings (SSSR count). The molecule has 1 aliphatic rings. The van der Waals surface area contributed by atoms with Gasteiger partial charge in [-0.1, -0.05) is 0 Å². The summed E-state index contributed by atoms with van der Waals surface area (Å²) in [6, 6.07) is 0.123. The molecule has 1 atom stereocenters. The van der Waals surface area contributed by atoms with Crippen LogP contribution in [0.1, 0.15) is 26.7 Å². The van der Waals surface area contributed by atoms with Gasteiger partial charge >= 0.3 is 5.97 Å². The summed E-state index contributed by atoms with van der Waals surface area (Å²) in [5.41, 5.74) is 0. The van der Waals surface area contributed by atoms with Gasteiger partial charge in [-0.2, -0.15) is 0 Å². The van der Waals surface area contributed by atoms with E-state index >= 15 is 0 Å². The Hall–Kier alpha value is -0.840. The molecule has 0 spiro atoms. The van der Waals surface area contributed by atoms with E-state index in [1.807, 2.05) is 0 Å². The number of hydrogen-bond acceptors (Lipinski definition) is 3. The molecule has 0 amide bonds. The predicted molar refractivity (Wildman–Crippen MR) is 58.0 cm³/mol. The van der Waals surface area contributed by atoms with Crippen molar-refractivity contribution in [1.29, 1.82) is 0 Å². The molecule has 80 valence electrons. The molecule has 1 saturated carbocycles. The summed E-state index contributed by atoms with van der Waals surface area (Å²) in [7, 11) is 0. The lowest BCUT2D eigenvalue weighted by atomic mass is 10.3. The van der Waals surface area contributed by atoms with Crippen LogP contribution < -0.4 is 10.6 Å². The summed E-state index contributed by atoms with van der Waals surface area (Å²) >= 11 is 5.02. The number of hydrogen-bond donors (Lipinski definition) is 2. The van der Waals surface area contributed by atoms with Crippen LogP contribution in [0, 0.1) is 0 Å². The van der Waals surface area contributed by atoms with Crippen molar-refractivity contribution in [3.05, 3.63) is 0 Å². The van der Waals surface area contributed by atoms with E-state index in [4.69, 9.17) is 17.0 Å². The van der Waals surface area contributed by atoms with E-state index in [-0.39, 0.29) is 12.0 Å². The fourth-order valence-electron chi connectivity index (χ4n) is 0.978. The number of carbonyl (C=O) groups excluding carboxylic acids is 1. The molecule has 0 bridgehead atoms. The van der Waals surface area contributed by atoms with Gasteiger partial charge in [0.05, 0.1) is 6.61 Å². The van der Waals surface area contributed by atoms with Crippen LogP contribution in [0.4, 0.5) is 0 Å². The second-order valence-corrected chi connectivity index (χ2v) is 3.77. The minimum atomic E-state index is -0.381. The van der Waals surface area contributed by atoms with Gasteiger partial charge in [0, 0.05) is 6.04 Å². The maximum Gasteiger partial charge on any atom is 0.328 e. The van der Waals surface area contributed by atoms with Crippen LogP contribution in [0.3, 0.4) is 0 Å². The summed E-state index contributed by atoms with van der Waals surface area (Å²) in [5.74, 6) is -0.271. The minimum Gasteiger partial charge on any atom is -0.464 e. The second kappa shape index (κ2) is 5.14. The predicted octanol–water partition coefficient (Wildman–Crippen LogP) is 0.564. The third-order valence-electron chi connectivity index (χ3n) is 1.90. The normalized spacial score (nSPS) is 17.0. The summed E-state index contributed by atoms with van der Waals surface area (Å²) in [6.45, 7) is 3.91. The Morgan fingerprint density at radius 2 is 2.29 bits per heavy atom. The van der Waals surface area contributed by atoms with Gasteiger partial charge < -0.3 is 15.4 Å². The smallest absolute Gasteiger partial charge is 0.328 e. The average Bonchev–Trinajstić information content (AvgIpc) is 2.88. The Bertz CT molecular complexity index is 229. The molecule has 0 aromatic carbocycles. The molecule has 0 heterocycles. The summed E-state index contributed by atoms with van der Waals surface area (Å²) in [5, 5.41) is 6.51. The van der Waals surface area contributed by atoms with Crippen molar-refractivity contribution in [2.24, 2.45) is 0 Å². The number of esters is 1. The first-order chi connectivity index (χ1) is 6.63. The summed E-state index contributed by atoms with van der Waals surface area (Å²) < 4.78 is 4.84. The third-order valence-corrected chi connectivity index (χ3v) is 2.14. The maximum atomic E-state index is 11.2. The molecule has 5 heteroatoms. The quantitative estimate of drug-likeness (QED) is 0.531. The van der Waals surface area contributed by atoms with E-state index in [1.165, 1.54) is 0 Å². The molecule has 0 aromatic heterocycles. The van der Waals surface area contributed by atoms with Gasteiger partial charge in [-0.05, 0) is 38.9 Å². The number of ether oxygens (including phenoxy) is 1. The Morgan fingerprint density at radius 1 is 1.64 bits per heavy atom. The van der Waals surface area contributed by atoms with Gasteiger partial charge in [0.25, 0.3) is 0 Å². The van der Waals surface area contributed by atoms with Crippen LogP contribution in [-0.4, -0.2) is 29.8 Å². The number of rotatable bonds is 4. The van der Waals surface area contributed by atoms with Crippen LogP contribution in [0.15, 0.2) is 0 Å². The zero-order valence-corrected chi connectivity index (χ0v) is 9.32. The molecule has 0 aromatic rings. The van der Waals surface area contributed by atoms with Gasteiger partial charge in [0.1, 0.15) is 6.04 Å². The van der Waals surface area contributed by atoms with E-state index in [1.54, 1.807) is 13.8 Å². The van der Waals surface area contributed by atoms with Crippen molar-refractivity contribution in [3.63, 3.8) is 0 Å². The number of thiocarbonyl (C=S) groups is 1. The van der Waals surface area contributed by atoms with Crippen LogP contribution in [0.2, 0.25) is 0 Å². The van der Waals surface area contributed by atoms with E-state index < -0.39 is 0 Å². The van der Waals surface area contributed by atoms with Crippen molar-refractivity contribution in [3.8, 4) is 0 Å². The highest BCUT2D eigenvalue weighted by Gasteiger charge is 2.23. The molecule has 14 heavy (non-hydrogen) atoms. The first-order valence-electron chi connectivity index (χ1n) is 4.87. The molecule has 1 aliphatic carbocycles.